The van der Waals surface area contributed by atoms with Crippen molar-refractivity contribution in [1.82, 2.24) is 0 Å². The number of halogens is 1. The van der Waals surface area contributed by atoms with E-state index in [1.54, 1.807) is 0 Å². The van der Waals surface area contributed by atoms with Crippen LogP contribution >= 0.6 is 15.9 Å². The predicted octanol–water partition coefficient (Wildman–Crippen LogP) is 5.61. The van der Waals surface area contributed by atoms with Crippen molar-refractivity contribution in [3.8, 4) is 16.9 Å². The van der Waals surface area contributed by atoms with Crippen LogP contribution in [-0.2, 0) is 14.9 Å². The maximum absolute atomic E-state index is 11.8. The highest BCUT2D eigenvalue weighted by atomic mass is 79.9. The van der Waals surface area contributed by atoms with Gasteiger partial charge in [0.25, 0.3) is 0 Å². The Morgan fingerprint density at radius 2 is 1.80 bits per heavy atom. The first-order chi connectivity index (χ1) is 12.0. The smallest absolute Gasteiger partial charge is 0.311 e. The SMILES string of the molecule is COC(=O)C(C)(C)CCCOc1c(CBr)cccc1-c1ccccc1. The maximum atomic E-state index is 11.8. The number of methoxy groups -OCH3 is 1. The number of carbonyl (C=O) groups is 1. The number of hydrogen-bond donors (Lipinski definition) is 0. The van der Waals surface area contributed by atoms with E-state index in [1.165, 1.54) is 7.11 Å². The van der Waals surface area contributed by atoms with Crippen molar-refractivity contribution >= 4 is 21.9 Å². The molecule has 0 aliphatic heterocycles. The number of hydrogen-bond acceptors (Lipinski definition) is 3. The molecule has 134 valence electrons. The first-order valence-corrected chi connectivity index (χ1v) is 9.56. The molecule has 0 aliphatic rings. The average Bonchev–Trinajstić information content (AvgIpc) is 2.65. The molecule has 3 nitrogen and oxygen atoms in total. The fourth-order valence-electron chi connectivity index (χ4n) is 2.77. The largest absolute Gasteiger partial charge is 0.493 e. The monoisotopic (exact) mass is 404 g/mol. The van der Waals surface area contributed by atoms with Crippen LogP contribution < -0.4 is 4.74 Å². The molecule has 2 aromatic rings. The van der Waals surface area contributed by atoms with Gasteiger partial charge in [-0.15, -0.1) is 0 Å². The van der Waals surface area contributed by atoms with Crippen LogP contribution in [0.3, 0.4) is 0 Å². The Morgan fingerprint density at radius 1 is 1.08 bits per heavy atom. The minimum Gasteiger partial charge on any atom is -0.493 e. The van der Waals surface area contributed by atoms with E-state index < -0.39 is 5.41 Å². The number of para-hydroxylation sites is 1. The predicted molar refractivity (Wildman–Crippen MR) is 105 cm³/mol. The van der Waals surface area contributed by atoms with Crippen LogP contribution in [0.2, 0.25) is 0 Å². The molecule has 0 unspecified atom stereocenters. The second-order valence-corrected chi connectivity index (χ2v) is 7.18. The first-order valence-electron chi connectivity index (χ1n) is 8.44. The molecule has 0 spiro atoms. The maximum Gasteiger partial charge on any atom is 0.311 e. The second-order valence-electron chi connectivity index (χ2n) is 6.62. The Kier molecular flexibility index (Phi) is 7.06. The zero-order valence-electron chi connectivity index (χ0n) is 15.0. The number of benzene rings is 2. The lowest BCUT2D eigenvalue weighted by molar-refractivity contribution is -0.151. The topological polar surface area (TPSA) is 35.5 Å². The van der Waals surface area contributed by atoms with Gasteiger partial charge in [0.15, 0.2) is 0 Å². The standard InChI is InChI=1S/C21H25BrO3/c1-21(2,20(23)24-3)13-8-14-25-19-17(15-22)11-7-12-18(19)16-9-5-4-6-10-16/h4-7,9-12H,8,13-15H2,1-3H3. The average molecular weight is 405 g/mol. The van der Waals surface area contributed by atoms with Gasteiger partial charge in [-0.25, -0.2) is 0 Å². The molecule has 2 rings (SSSR count). The van der Waals surface area contributed by atoms with Gasteiger partial charge < -0.3 is 9.47 Å². The molecule has 25 heavy (non-hydrogen) atoms. The molecular weight excluding hydrogens is 380 g/mol. The highest BCUT2D eigenvalue weighted by molar-refractivity contribution is 9.08. The summed E-state index contributed by atoms with van der Waals surface area (Å²) in [4.78, 5) is 11.8. The summed E-state index contributed by atoms with van der Waals surface area (Å²) in [5, 5.41) is 0.733. The summed E-state index contributed by atoms with van der Waals surface area (Å²) >= 11 is 3.54. The number of ether oxygens (including phenoxy) is 2. The molecule has 0 N–H and O–H groups in total. The zero-order chi connectivity index (χ0) is 18.3. The third-order valence-electron chi connectivity index (χ3n) is 4.26. The molecule has 0 aromatic heterocycles. The fraction of sp³-hybridized carbons (Fsp3) is 0.381. The van der Waals surface area contributed by atoms with Crippen molar-refractivity contribution in [1.29, 1.82) is 0 Å². The van der Waals surface area contributed by atoms with E-state index in [4.69, 9.17) is 9.47 Å². The fourth-order valence-corrected chi connectivity index (χ4v) is 3.21. The van der Waals surface area contributed by atoms with Crippen LogP contribution in [0.5, 0.6) is 5.75 Å². The number of alkyl halides is 1. The summed E-state index contributed by atoms with van der Waals surface area (Å²) in [5.74, 6) is 0.722. The summed E-state index contributed by atoms with van der Waals surface area (Å²) in [6.07, 6.45) is 1.50. The Morgan fingerprint density at radius 3 is 2.44 bits per heavy atom. The van der Waals surface area contributed by atoms with E-state index in [0.717, 1.165) is 40.6 Å². The van der Waals surface area contributed by atoms with Crippen LogP contribution in [0.25, 0.3) is 11.1 Å². The highest BCUT2D eigenvalue weighted by Crippen LogP contribution is 2.35. The van der Waals surface area contributed by atoms with Crippen molar-refractivity contribution < 1.29 is 14.3 Å². The lowest BCUT2D eigenvalue weighted by Gasteiger charge is -2.21. The molecule has 2 aromatic carbocycles. The van der Waals surface area contributed by atoms with E-state index >= 15 is 0 Å². The lowest BCUT2D eigenvalue weighted by Crippen LogP contribution is -2.26. The summed E-state index contributed by atoms with van der Waals surface area (Å²) in [6, 6.07) is 16.4. The van der Waals surface area contributed by atoms with Crippen molar-refractivity contribution in [2.24, 2.45) is 5.41 Å². The van der Waals surface area contributed by atoms with Crippen molar-refractivity contribution in [3.05, 3.63) is 54.1 Å². The third kappa shape index (κ3) is 5.08. The lowest BCUT2D eigenvalue weighted by atomic mass is 9.88. The number of carbonyl (C=O) groups excluding carboxylic acids is 1. The minimum atomic E-state index is -0.491. The summed E-state index contributed by atoms with van der Waals surface area (Å²) in [6.45, 7) is 4.37. The normalized spacial score (nSPS) is 11.2. The van der Waals surface area contributed by atoms with Gasteiger partial charge in [0.1, 0.15) is 5.75 Å². The third-order valence-corrected chi connectivity index (χ3v) is 4.86. The van der Waals surface area contributed by atoms with Gasteiger partial charge in [0.2, 0.25) is 0 Å². The molecule has 0 amide bonds. The quantitative estimate of drug-likeness (QED) is 0.326. The molecule has 0 aliphatic carbocycles. The molecule has 0 heterocycles. The Hall–Kier alpha value is -1.81. The first kappa shape index (κ1) is 19.5. The van der Waals surface area contributed by atoms with Gasteiger partial charge >= 0.3 is 5.97 Å². The van der Waals surface area contributed by atoms with E-state index in [9.17, 15) is 4.79 Å². The molecule has 0 bridgehead atoms. The summed E-state index contributed by atoms with van der Waals surface area (Å²) in [5.41, 5.74) is 2.85. The highest BCUT2D eigenvalue weighted by Gasteiger charge is 2.28. The van der Waals surface area contributed by atoms with Crippen molar-refractivity contribution in [2.75, 3.05) is 13.7 Å². The Labute approximate surface area is 158 Å². The van der Waals surface area contributed by atoms with Gasteiger partial charge in [-0.2, -0.15) is 0 Å². The summed E-state index contributed by atoms with van der Waals surface area (Å²) in [7, 11) is 1.43. The number of rotatable bonds is 8. The molecule has 0 saturated carbocycles. The molecule has 0 saturated heterocycles. The van der Waals surface area contributed by atoms with E-state index in [1.807, 2.05) is 38.1 Å². The Balaban J connectivity index is 2.10. The van der Waals surface area contributed by atoms with E-state index in [2.05, 4.69) is 40.2 Å². The molecule has 0 atom stereocenters. The van der Waals surface area contributed by atoms with Crippen LogP contribution in [0.15, 0.2) is 48.5 Å². The number of esters is 1. The second kappa shape index (κ2) is 9.04. The molecular formula is C21H25BrO3. The van der Waals surface area contributed by atoms with Crippen LogP contribution in [-0.4, -0.2) is 19.7 Å². The van der Waals surface area contributed by atoms with Crippen LogP contribution in [0.1, 0.15) is 32.3 Å². The van der Waals surface area contributed by atoms with Gasteiger partial charge in [0, 0.05) is 16.5 Å². The van der Waals surface area contributed by atoms with Gasteiger partial charge in [-0.05, 0) is 32.3 Å². The molecule has 4 heteroatoms. The van der Waals surface area contributed by atoms with Crippen LogP contribution in [0.4, 0.5) is 0 Å². The van der Waals surface area contributed by atoms with Gasteiger partial charge in [-0.1, -0.05) is 64.5 Å². The van der Waals surface area contributed by atoms with Gasteiger partial charge in [0.05, 0.1) is 19.1 Å². The van der Waals surface area contributed by atoms with E-state index in [-0.39, 0.29) is 5.97 Å². The van der Waals surface area contributed by atoms with Gasteiger partial charge in [-0.3, -0.25) is 4.79 Å². The van der Waals surface area contributed by atoms with Crippen molar-refractivity contribution in [2.45, 2.75) is 32.0 Å². The zero-order valence-corrected chi connectivity index (χ0v) is 16.6. The van der Waals surface area contributed by atoms with Crippen molar-refractivity contribution in [3.63, 3.8) is 0 Å². The Bertz CT molecular complexity index is 696. The molecule has 0 fully saturated rings. The van der Waals surface area contributed by atoms with Crippen LogP contribution in [0, 0.1) is 5.41 Å². The minimum absolute atomic E-state index is 0.182. The summed E-state index contributed by atoms with van der Waals surface area (Å²) < 4.78 is 11.0. The molecule has 0 radical (unpaired) electrons. The van der Waals surface area contributed by atoms with E-state index in [0.29, 0.717) is 6.61 Å².